The number of carbonyl (C=O) groups excluding carboxylic acids is 2. The molecule has 1 aromatic carbocycles. The summed E-state index contributed by atoms with van der Waals surface area (Å²) in [5.41, 5.74) is 0.530. The quantitative estimate of drug-likeness (QED) is 0.493. The Kier molecular flexibility index (Phi) is 4.54. The zero-order chi connectivity index (χ0) is 15.4. The molecule has 2 N–H and O–H groups in total. The first-order valence-electron chi connectivity index (χ1n) is 6.25. The first-order chi connectivity index (χ1) is 10.1. The molecule has 2 rings (SSSR count). The summed E-state index contributed by atoms with van der Waals surface area (Å²) >= 11 is 4.75. The molecule has 0 radical (unpaired) electrons. The maximum Gasteiger partial charge on any atom is 0.263 e. The minimum absolute atomic E-state index is 0.00201. The number of benzene rings is 1. The van der Waals surface area contributed by atoms with Crippen LogP contribution in [0.1, 0.15) is 12.5 Å². The van der Waals surface area contributed by atoms with Gasteiger partial charge in [0.05, 0.1) is 13.7 Å². The smallest absolute Gasteiger partial charge is 0.263 e. The van der Waals surface area contributed by atoms with Gasteiger partial charge in [-0.05, 0) is 31.3 Å². The lowest BCUT2D eigenvalue weighted by atomic mass is 10.1. The molecule has 6 nitrogen and oxygen atoms in total. The van der Waals surface area contributed by atoms with Crippen LogP contribution in [0.15, 0.2) is 23.8 Å². The number of carbonyl (C=O) groups is 2. The number of nitrogens with one attached hydrogen (secondary N) is 2. The number of methoxy groups -OCH3 is 1. The lowest BCUT2D eigenvalue weighted by Crippen LogP contribution is -2.51. The van der Waals surface area contributed by atoms with Crippen LogP contribution >= 0.6 is 12.2 Å². The molecule has 0 bridgehead atoms. The Morgan fingerprint density at radius 2 is 1.90 bits per heavy atom. The summed E-state index contributed by atoms with van der Waals surface area (Å²) in [5.74, 6) is -0.0925. The van der Waals surface area contributed by atoms with Gasteiger partial charge in [0.1, 0.15) is 5.57 Å². The van der Waals surface area contributed by atoms with Crippen LogP contribution in [0.5, 0.6) is 11.5 Å². The molecule has 110 valence electrons. The zero-order valence-corrected chi connectivity index (χ0v) is 12.4. The first-order valence-corrected chi connectivity index (χ1v) is 6.65. The van der Waals surface area contributed by atoms with Gasteiger partial charge in [0, 0.05) is 5.56 Å². The van der Waals surface area contributed by atoms with Gasteiger partial charge in [-0.2, -0.15) is 0 Å². The third-order valence-corrected chi connectivity index (χ3v) is 2.97. The summed E-state index contributed by atoms with van der Waals surface area (Å²) in [5, 5.41) is 4.76. The molecule has 1 heterocycles. The van der Waals surface area contributed by atoms with Gasteiger partial charge in [0.2, 0.25) is 0 Å². The van der Waals surface area contributed by atoms with Crippen LogP contribution in [-0.2, 0) is 9.59 Å². The Hall–Kier alpha value is -2.41. The van der Waals surface area contributed by atoms with Crippen molar-refractivity contribution < 1.29 is 19.1 Å². The number of rotatable bonds is 4. The van der Waals surface area contributed by atoms with Crippen LogP contribution in [0, 0.1) is 0 Å². The molecule has 0 saturated carbocycles. The number of para-hydroxylation sites is 1. The van der Waals surface area contributed by atoms with Crippen molar-refractivity contribution in [1.82, 2.24) is 10.6 Å². The van der Waals surface area contributed by atoms with Crippen LogP contribution in [0.25, 0.3) is 6.08 Å². The van der Waals surface area contributed by atoms with Gasteiger partial charge in [-0.15, -0.1) is 0 Å². The summed E-state index contributed by atoms with van der Waals surface area (Å²) in [6.45, 7) is 2.26. The van der Waals surface area contributed by atoms with Crippen LogP contribution < -0.4 is 20.1 Å². The predicted molar refractivity (Wildman–Crippen MR) is 81.0 cm³/mol. The average molecular weight is 306 g/mol. The third kappa shape index (κ3) is 3.19. The lowest BCUT2D eigenvalue weighted by molar-refractivity contribution is -0.123. The van der Waals surface area contributed by atoms with Gasteiger partial charge in [0.15, 0.2) is 16.6 Å². The van der Waals surface area contributed by atoms with E-state index in [4.69, 9.17) is 21.7 Å². The van der Waals surface area contributed by atoms with E-state index >= 15 is 0 Å². The standard InChI is InChI=1S/C14H14N2O4S/c1-3-20-11-8(5-4-6-10(11)19-2)7-9-12(17)15-14(21)16-13(9)18/h4-7H,3H2,1-2H3,(H2,15,16,17,18,21). The molecule has 1 aliphatic heterocycles. The molecule has 1 aliphatic rings. The highest BCUT2D eigenvalue weighted by atomic mass is 32.1. The number of ether oxygens (including phenoxy) is 2. The largest absolute Gasteiger partial charge is 0.493 e. The maximum atomic E-state index is 11.8. The van der Waals surface area contributed by atoms with E-state index in [2.05, 4.69) is 10.6 Å². The SMILES string of the molecule is CCOc1c(C=C2C(=O)NC(=S)NC2=O)cccc1OC. The molecule has 0 atom stereocenters. The molecule has 0 unspecified atom stereocenters. The number of amides is 2. The Balaban J connectivity index is 2.46. The van der Waals surface area contributed by atoms with E-state index in [1.165, 1.54) is 13.2 Å². The second kappa shape index (κ2) is 6.36. The van der Waals surface area contributed by atoms with Crippen molar-refractivity contribution in [3.8, 4) is 11.5 Å². The Bertz CT molecular complexity index is 618. The van der Waals surface area contributed by atoms with Gasteiger partial charge >= 0.3 is 0 Å². The molecule has 1 fully saturated rings. The van der Waals surface area contributed by atoms with Gasteiger partial charge in [-0.3, -0.25) is 20.2 Å². The molecule has 1 saturated heterocycles. The molecule has 0 aromatic heterocycles. The summed E-state index contributed by atoms with van der Waals surface area (Å²) in [4.78, 5) is 23.7. The number of hydrogen-bond donors (Lipinski definition) is 2. The van der Waals surface area contributed by atoms with E-state index < -0.39 is 11.8 Å². The lowest BCUT2D eigenvalue weighted by Gasteiger charge is -2.17. The second-order valence-corrected chi connectivity index (χ2v) is 4.52. The van der Waals surface area contributed by atoms with Crippen LogP contribution in [0.2, 0.25) is 0 Å². The van der Waals surface area contributed by atoms with Crippen molar-refractivity contribution in [2.75, 3.05) is 13.7 Å². The molecule has 1 aromatic rings. The highest BCUT2D eigenvalue weighted by Crippen LogP contribution is 2.32. The van der Waals surface area contributed by atoms with E-state index in [-0.39, 0.29) is 10.7 Å². The predicted octanol–water partition coefficient (Wildman–Crippen LogP) is 1.01. The minimum Gasteiger partial charge on any atom is -0.493 e. The van der Waals surface area contributed by atoms with Crippen LogP contribution in [0.4, 0.5) is 0 Å². The van der Waals surface area contributed by atoms with Gasteiger partial charge < -0.3 is 9.47 Å². The van der Waals surface area contributed by atoms with Crippen LogP contribution in [-0.4, -0.2) is 30.6 Å². The second-order valence-electron chi connectivity index (χ2n) is 4.11. The minimum atomic E-state index is -0.547. The first kappa shape index (κ1) is 15.0. The highest BCUT2D eigenvalue weighted by molar-refractivity contribution is 7.80. The molecule has 0 spiro atoms. The summed E-state index contributed by atoms with van der Waals surface area (Å²) < 4.78 is 10.8. The van der Waals surface area contributed by atoms with E-state index in [0.717, 1.165) is 0 Å². The maximum absolute atomic E-state index is 11.8. The molecule has 2 amide bonds. The van der Waals surface area contributed by atoms with Crippen molar-refractivity contribution in [2.45, 2.75) is 6.92 Å². The van der Waals surface area contributed by atoms with E-state index in [0.29, 0.717) is 23.7 Å². The Labute approximate surface area is 127 Å². The van der Waals surface area contributed by atoms with Gasteiger partial charge in [-0.25, -0.2) is 0 Å². The fourth-order valence-corrected chi connectivity index (χ4v) is 2.05. The van der Waals surface area contributed by atoms with Gasteiger partial charge in [-0.1, -0.05) is 12.1 Å². The molecule has 7 heteroatoms. The van der Waals surface area contributed by atoms with Crippen molar-refractivity contribution in [3.05, 3.63) is 29.3 Å². The Morgan fingerprint density at radius 1 is 1.24 bits per heavy atom. The van der Waals surface area contributed by atoms with E-state index in [1.54, 1.807) is 18.2 Å². The summed E-state index contributed by atoms with van der Waals surface area (Å²) in [6.07, 6.45) is 1.44. The Morgan fingerprint density at radius 3 is 2.48 bits per heavy atom. The van der Waals surface area contributed by atoms with Crippen molar-refractivity contribution in [3.63, 3.8) is 0 Å². The average Bonchev–Trinajstić information content (AvgIpc) is 2.44. The van der Waals surface area contributed by atoms with E-state index in [9.17, 15) is 9.59 Å². The topological polar surface area (TPSA) is 76.7 Å². The summed E-state index contributed by atoms with van der Waals surface area (Å²) in [7, 11) is 1.52. The number of hydrogen-bond acceptors (Lipinski definition) is 5. The van der Waals surface area contributed by atoms with E-state index in [1.807, 2.05) is 6.92 Å². The highest BCUT2D eigenvalue weighted by Gasteiger charge is 2.26. The molecule has 21 heavy (non-hydrogen) atoms. The van der Waals surface area contributed by atoms with Gasteiger partial charge in [0.25, 0.3) is 11.8 Å². The third-order valence-electron chi connectivity index (χ3n) is 2.76. The van der Waals surface area contributed by atoms with Crippen LogP contribution in [0.3, 0.4) is 0 Å². The molecular formula is C14H14N2O4S. The number of thiocarbonyl (C=S) groups is 1. The monoisotopic (exact) mass is 306 g/mol. The van der Waals surface area contributed by atoms with Crippen molar-refractivity contribution in [1.29, 1.82) is 0 Å². The normalized spacial score (nSPS) is 14.4. The fourth-order valence-electron chi connectivity index (χ4n) is 1.87. The molecule has 0 aliphatic carbocycles. The van der Waals surface area contributed by atoms with Crippen molar-refractivity contribution >= 4 is 35.2 Å². The van der Waals surface area contributed by atoms with Crippen molar-refractivity contribution in [2.24, 2.45) is 0 Å². The molecular weight excluding hydrogens is 292 g/mol. The fraction of sp³-hybridized carbons (Fsp3) is 0.214. The zero-order valence-electron chi connectivity index (χ0n) is 11.6. The summed E-state index contributed by atoms with van der Waals surface area (Å²) in [6, 6.07) is 5.22.